The topological polar surface area (TPSA) is 55.4 Å². The summed E-state index contributed by atoms with van der Waals surface area (Å²) in [5.41, 5.74) is 0.928. The van der Waals surface area contributed by atoms with Crippen LogP contribution in [0.4, 0.5) is 4.79 Å². The first-order valence-corrected chi connectivity index (χ1v) is 6.99. The first-order chi connectivity index (χ1) is 8.75. The number of hydrogen-bond donors (Lipinski definition) is 1. The molecule has 0 bridgehead atoms. The Kier molecular flexibility index (Phi) is 4.64. The Morgan fingerprint density at radius 2 is 2.17 bits per heavy atom. The molecule has 18 heavy (non-hydrogen) atoms. The number of carbonyl (C=O) groups is 2. The van der Waals surface area contributed by atoms with Crippen LogP contribution in [0.5, 0.6) is 0 Å². The van der Waals surface area contributed by atoms with E-state index in [1.54, 1.807) is 11.8 Å². The van der Waals surface area contributed by atoms with E-state index in [4.69, 9.17) is 4.74 Å². The van der Waals surface area contributed by atoms with Crippen LogP contribution in [0.15, 0.2) is 30.3 Å². The molecule has 4 nitrogen and oxygen atoms in total. The molecule has 96 valence electrons. The molecule has 5 heteroatoms. The average molecular weight is 265 g/mol. The molecule has 2 rings (SSSR count). The van der Waals surface area contributed by atoms with Crippen molar-refractivity contribution in [3.8, 4) is 0 Å². The molecule has 1 atom stereocenters. The lowest BCUT2D eigenvalue weighted by atomic mass is 10.1. The SMILES string of the molecule is O=C(NC1CSCCC1=O)OCc1ccccc1. The van der Waals surface area contributed by atoms with Crippen LogP contribution in [-0.4, -0.2) is 29.4 Å². The van der Waals surface area contributed by atoms with Gasteiger partial charge in [-0.25, -0.2) is 4.79 Å². The van der Waals surface area contributed by atoms with Gasteiger partial charge in [-0.3, -0.25) is 4.79 Å². The van der Waals surface area contributed by atoms with Crippen molar-refractivity contribution >= 4 is 23.6 Å². The number of benzene rings is 1. The molecule has 1 aliphatic rings. The number of carbonyl (C=O) groups excluding carboxylic acids is 2. The zero-order chi connectivity index (χ0) is 12.8. The molecule has 1 fully saturated rings. The third kappa shape index (κ3) is 3.77. The number of nitrogens with one attached hydrogen (secondary N) is 1. The lowest BCUT2D eigenvalue weighted by molar-refractivity contribution is -0.120. The summed E-state index contributed by atoms with van der Waals surface area (Å²) < 4.78 is 5.07. The van der Waals surface area contributed by atoms with E-state index in [9.17, 15) is 9.59 Å². The number of amides is 1. The number of Topliss-reactive ketones (excluding diaryl/α,β-unsaturated/α-hetero) is 1. The number of hydrogen-bond acceptors (Lipinski definition) is 4. The summed E-state index contributed by atoms with van der Waals surface area (Å²) in [7, 11) is 0. The zero-order valence-electron chi connectivity index (χ0n) is 9.93. The third-order valence-electron chi connectivity index (χ3n) is 2.67. The average Bonchev–Trinajstić information content (AvgIpc) is 2.40. The van der Waals surface area contributed by atoms with Crippen LogP contribution in [0, 0.1) is 0 Å². The molecule has 1 unspecified atom stereocenters. The Labute approximate surface area is 110 Å². The Morgan fingerprint density at radius 1 is 1.39 bits per heavy atom. The lowest BCUT2D eigenvalue weighted by Gasteiger charge is -2.20. The Bertz CT molecular complexity index is 422. The van der Waals surface area contributed by atoms with E-state index >= 15 is 0 Å². The maximum Gasteiger partial charge on any atom is 0.408 e. The van der Waals surface area contributed by atoms with Crippen molar-refractivity contribution < 1.29 is 14.3 Å². The molecule has 1 heterocycles. The van der Waals surface area contributed by atoms with Crippen molar-refractivity contribution in [3.05, 3.63) is 35.9 Å². The van der Waals surface area contributed by atoms with Crippen LogP contribution in [0.2, 0.25) is 0 Å². The summed E-state index contributed by atoms with van der Waals surface area (Å²) in [4.78, 5) is 23.1. The van der Waals surface area contributed by atoms with E-state index in [2.05, 4.69) is 5.32 Å². The molecule has 1 aliphatic heterocycles. The molecule has 0 spiro atoms. The predicted molar refractivity (Wildman–Crippen MR) is 70.5 cm³/mol. The zero-order valence-corrected chi connectivity index (χ0v) is 10.7. The third-order valence-corrected chi connectivity index (χ3v) is 3.73. The lowest BCUT2D eigenvalue weighted by Crippen LogP contribution is -2.44. The van der Waals surface area contributed by atoms with Crippen molar-refractivity contribution in [1.29, 1.82) is 0 Å². The summed E-state index contributed by atoms with van der Waals surface area (Å²) in [6.45, 7) is 0.223. The standard InChI is InChI=1S/C13H15NO3S/c15-12-6-7-18-9-11(12)14-13(16)17-8-10-4-2-1-3-5-10/h1-5,11H,6-9H2,(H,14,16). The van der Waals surface area contributed by atoms with E-state index in [0.29, 0.717) is 12.2 Å². The van der Waals surface area contributed by atoms with Gasteiger partial charge in [-0.15, -0.1) is 0 Å². The van der Waals surface area contributed by atoms with Gasteiger partial charge < -0.3 is 10.1 Å². The van der Waals surface area contributed by atoms with Gasteiger partial charge in [-0.05, 0) is 5.56 Å². The maximum atomic E-state index is 11.5. The second-order valence-corrected chi connectivity index (χ2v) is 5.20. The number of ketones is 1. The van der Waals surface area contributed by atoms with Crippen molar-refractivity contribution in [3.63, 3.8) is 0 Å². The molecule has 0 saturated carbocycles. The monoisotopic (exact) mass is 265 g/mol. The fourth-order valence-corrected chi connectivity index (χ4v) is 2.69. The minimum Gasteiger partial charge on any atom is -0.445 e. The quantitative estimate of drug-likeness (QED) is 0.908. The molecular weight excluding hydrogens is 250 g/mol. The summed E-state index contributed by atoms with van der Waals surface area (Å²) in [6, 6.07) is 9.05. The van der Waals surface area contributed by atoms with Crippen molar-refractivity contribution in [1.82, 2.24) is 5.32 Å². The Hall–Kier alpha value is -1.49. The highest BCUT2D eigenvalue weighted by Crippen LogP contribution is 2.14. The van der Waals surface area contributed by atoms with Crippen LogP contribution in [0.25, 0.3) is 0 Å². The van der Waals surface area contributed by atoms with Gasteiger partial charge in [0.25, 0.3) is 0 Å². The highest BCUT2D eigenvalue weighted by molar-refractivity contribution is 7.99. The van der Waals surface area contributed by atoms with Gasteiger partial charge in [0.1, 0.15) is 6.61 Å². The molecule has 1 aromatic rings. The Balaban J connectivity index is 1.76. The molecule has 0 aromatic heterocycles. The van der Waals surface area contributed by atoms with Crippen molar-refractivity contribution in [2.75, 3.05) is 11.5 Å². The second kappa shape index (κ2) is 6.44. The molecule has 1 N–H and O–H groups in total. The fourth-order valence-electron chi connectivity index (χ4n) is 1.67. The molecule has 0 aliphatic carbocycles. The number of thioether (sulfide) groups is 1. The van der Waals surface area contributed by atoms with Crippen LogP contribution < -0.4 is 5.32 Å². The van der Waals surface area contributed by atoms with Gasteiger partial charge >= 0.3 is 6.09 Å². The largest absolute Gasteiger partial charge is 0.445 e. The minimum absolute atomic E-state index is 0.0883. The minimum atomic E-state index is -0.528. The fraction of sp³-hybridized carbons (Fsp3) is 0.385. The summed E-state index contributed by atoms with van der Waals surface area (Å²) in [5.74, 6) is 1.57. The normalized spacial score (nSPS) is 19.3. The maximum absolute atomic E-state index is 11.5. The van der Waals surface area contributed by atoms with Gasteiger partial charge in [0.2, 0.25) is 0 Å². The van der Waals surface area contributed by atoms with E-state index in [1.165, 1.54) is 0 Å². The van der Waals surface area contributed by atoms with Gasteiger partial charge in [-0.2, -0.15) is 11.8 Å². The molecule has 1 saturated heterocycles. The van der Waals surface area contributed by atoms with Gasteiger partial charge in [0, 0.05) is 17.9 Å². The van der Waals surface area contributed by atoms with Gasteiger partial charge in [-0.1, -0.05) is 30.3 Å². The highest BCUT2D eigenvalue weighted by Gasteiger charge is 2.24. The molecular formula is C13H15NO3S. The first kappa shape index (κ1) is 13.0. The smallest absolute Gasteiger partial charge is 0.408 e. The van der Waals surface area contributed by atoms with E-state index < -0.39 is 12.1 Å². The molecule has 1 amide bonds. The van der Waals surface area contributed by atoms with E-state index in [-0.39, 0.29) is 12.4 Å². The summed E-state index contributed by atoms with van der Waals surface area (Å²) >= 11 is 1.67. The van der Waals surface area contributed by atoms with Crippen LogP contribution in [0.3, 0.4) is 0 Å². The number of rotatable bonds is 3. The summed E-state index contributed by atoms with van der Waals surface area (Å²) in [6.07, 6.45) is -0.00593. The Morgan fingerprint density at radius 3 is 2.89 bits per heavy atom. The second-order valence-electron chi connectivity index (χ2n) is 4.05. The number of ether oxygens (including phenoxy) is 1. The predicted octanol–water partition coefficient (Wildman–Crippen LogP) is 1.99. The highest BCUT2D eigenvalue weighted by atomic mass is 32.2. The van der Waals surface area contributed by atoms with Crippen LogP contribution in [0.1, 0.15) is 12.0 Å². The van der Waals surface area contributed by atoms with Crippen molar-refractivity contribution in [2.45, 2.75) is 19.1 Å². The number of alkyl carbamates (subject to hydrolysis) is 1. The first-order valence-electron chi connectivity index (χ1n) is 5.83. The van der Waals surface area contributed by atoms with E-state index in [0.717, 1.165) is 11.3 Å². The van der Waals surface area contributed by atoms with E-state index in [1.807, 2.05) is 30.3 Å². The van der Waals surface area contributed by atoms with Crippen LogP contribution in [-0.2, 0) is 16.1 Å². The van der Waals surface area contributed by atoms with Gasteiger partial charge in [0.15, 0.2) is 5.78 Å². The molecule has 1 aromatic carbocycles. The van der Waals surface area contributed by atoms with Crippen molar-refractivity contribution in [2.24, 2.45) is 0 Å². The molecule has 0 radical (unpaired) electrons. The van der Waals surface area contributed by atoms with Crippen LogP contribution >= 0.6 is 11.8 Å². The summed E-state index contributed by atoms with van der Waals surface area (Å²) in [5, 5.41) is 2.61. The van der Waals surface area contributed by atoms with Gasteiger partial charge in [0.05, 0.1) is 6.04 Å².